The molecule has 15 heavy (non-hydrogen) atoms. The van der Waals surface area contributed by atoms with Gasteiger partial charge in [0.05, 0.1) is 14.2 Å². The number of carbonyl (C=O) groups is 2. The Morgan fingerprint density at radius 1 is 1.20 bits per heavy atom. The third kappa shape index (κ3) is 5.04. The van der Waals surface area contributed by atoms with E-state index in [1.165, 1.54) is 0 Å². The number of methoxy groups -OCH3 is 2. The highest BCUT2D eigenvalue weighted by Gasteiger charge is 2.37. The van der Waals surface area contributed by atoms with Crippen LogP contribution in [0.1, 0.15) is 6.42 Å². The first-order valence-corrected chi connectivity index (χ1v) is 3.73. The number of allylic oxidation sites excluding steroid dienone is 1. The van der Waals surface area contributed by atoms with Crippen LogP contribution < -0.4 is 0 Å². The van der Waals surface area contributed by atoms with E-state index in [4.69, 9.17) is 0 Å². The standard InChI is InChI=1S/C8H9F3O4/c1-14-5(4-7(13)15-2)3-6(12)8(9,10)11/h3H,4H2,1-2H3. The number of ketones is 1. The van der Waals surface area contributed by atoms with Gasteiger partial charge in [-0.15, -0.1) is 0 Å². The zero-order chi connectivity index (χ0) is 12.1. The first kappa shape index (κ1) is 13.5. The Hall–Kier alpha value is -1.53. The molecular formula is C8H9F3O4. The molecule has 0 saturated heterocycles. The minimum absolute atomic E-state index is 0.219. The molecule has 0 bridgehead atoms. The summed E-state index contributed by atoms with van der Waals surface area (Å²) in [5.74, 6) is -3.27. The molecule has 0 fully saturated rings. The second-order valence-electron chi connectivity index (χ2n) is 2.43. The third-order valence-electron chi connectivity index (χ3n) is 1.38. The summed E-state index contributed by atoms with van der Waals surface area (Å²) in [6.45, 7) is 0. The Morgan fingerprint density at radius 2 is 1.73 bits per heavy atom. The smallest absolute Gasteiger partial charge is 0.454 e. The number of carbonyl (C=O) groups excluding carboxylic acids is 2. The fourth-order valence-electron chi connectivity index (χ4n) is 0.625. The van der Waals surface area contributed by atoms with Crippen LogP contribution in [-0.4, -0.2) is 32.1 Å². The normalized spacial score (nSPS) is 12.2. The third-order valence-corrected chi connectivity index (χ3v) is 1.38. The maximum atomic E-state index is 11.8. The van der Waals surface area contributed by atoms with Gasteiger partial charge >= 0.3 is 12.1 Å². The molecule has 0 aliphatic heterocycles. The minimum Gasteiger partial charge on any atom is -0.500 e. The summed E-state index contributed by atoms with van der Waals surface area (Å²) in [6.07, 6.45) is -5.27. The maximum absolute atomic E-state index is 11.8. The minimum atomic E-state index is -4.97. The summed E-state index contributed by atoms with van der Waals surface area (Å²) in [5, 5.41) is 0. The topological polar surface area (TPSA) is 52.6 Å². The van der Waals surface area contributed by atoms with Gasteiger partial charge in [0.2, 0.25) is 0 Å². The second kappa shape index (κ2) is 5.38. The summed E-state index contributed by atoms with van der Waals surface area (Å²) < 4.78 is 44.0. The molecule has 0 aromatic carbocycles. The Balaban J connectivity index is 4.60. The average Bonchev–Trinajstić information content (AvgIpc) is 2.14. The van der Waals surface area contributed by atoms with Crippen LogP contribution in [0, 0.1) is 0 Å². The van der Waals surface area contributed by atoms with Crippen molar-refractivity contribution in [1.82, 2.24) is 0 Å². The number of esters is 1. The highest BCUT2D eigenvalue weighted by atomic mass is 19.4. The summed E-state index contributed by atoms with van der Waals surface area (Å²) in [5.41, 5.74) is 0. The number of rotatable bonds is 4. The van der Waals surface area contributed by atoms with Crippen LogP contribution in [0.25, 0.3) is 0 Å². The van der Waals surface area contributed by atoms with Crippen LogP contribution in [0.3, 0.4) is 0 Å². The van der Waals surface area contributed by atoms with Gasteiger partial charge < -0.3 is 9.47 Å². The molecule has 0 aromatic rings. The highest BCUT2D eigenvalue weighted by Crippen LogP contribution is 2.18. The summed E-state index contributed by atoms with van der Waals surface area (Å²) in [7, 11) is 2.12. The van der Waals surface area contributed by atoms with E-state index in [0.29, 0.717) is 0 Å². The van der Waals surface area contributed by atoms with E-state index < -0.39 is 30.1 Å². The molecule has 0 amide bonds. The van der Waals surface area contributed by atoms with Gasteiger partial charge in [0.1, 0.15) is 12.2 Å². The lowest BCUT2D eigenvalue weighted by atomic mass is 10.2. The SMILES string of the molecule is COC(=O)CC(=CC(=O)C(F)(F)F)OC. The van der Waals surface area contributed by atoms with Crippen molar-refractivity contribution in [2.45, 2.75) is 12.6 Å². The van der Waals surface area contributed by atoms with Crippen LogP contribution in [0.5, 0.6) is 0 Å². The first-order valence-electron chi connectivity index (χ1n) is 3.73. The predicted molar refractivity (Wildman–Crippen MR) is 42.8 cm³/mol. The molecule has 0 heterocycles. The molecule has 0 saturated carbocycles. The molecular weight excluding hydrogens is 217 g/mol. The highest BCUT2D eigenvalue weighted by molar-refractivity contribution is 5.95. The Kier molecular flexibility index (Phi) is 4.83. The number of halogens is 3. The van der Waals surface area contributed by atoms with Crippen molar-refractivity contribution in [3.05, 3.63) is 11.8 Å². The monoisotopic (exact) mass is 226 g/mol. The number of ether oxygens (including phenoxy) is 2. The van der Waals surface area contributed by atoms with E-state index in [0.717, 1.165) is 14.2 Å². The lowest BCUT2D eigenvalue weighted by molar-refractivity contribution is -0.165. The van der Waals surface area contributed by atoms with Crippen LogP contribution in [0.4, 0.5) is 13.2 Å². The molecule has 0 atom stereocenters. The van der Waals surface area contributed by atoms with Crippen molar-refractivity contribution in [3.63, 3.8) is 0 Å². The lowest BCUT2D eigenvalue weighted by Crippen LogP contribution is -2.21. The van der Waals surface area contributed by atoms with E-state index in [1.54, 1.807) is 0 Å². The number of hydrogen-bond donors (Lipinski definition) is 0. The van der Waals surface area contributed by atoms with Gasteiger partial charge in [0.15, 0.2) is 0 Å². The van der Waals surface area contributed by atoms with Crippen LogP contribution in [0.15, 0.2) is 11.8 Å². The molecule has 0 rings (SSSR count). The molecule has 0 spiro atoms. The molecule has 86 valence electrons. The van der Waals surface area contributed by atoms with Gasteiger partial charge in [0, 0.05) is 6.08 Å². The van der Waals surface area contributed by atoms with E-state index in [-0.39, 0.29) is 6.08 Å². The van der Waals surface area contributed by atoms with Gasteiger partial charge in [-0.1, -0.05) is 0 Å². The largest absolute Gasteiger partial charge is 0.500 e. The quantitative estimate of drug-likeness (QED) is 0.410. The van der Waals surface area contributed by atoms with Gasteiger partial charge in [-0.2, -0.15) is 13.2 Å². The molecule has 0 aromatic heterocycles. The zero-order valence-corrected chi connectivity index (χ0v) is 8.05. The van der Waals surface area contributed by atoms with Crippen LogP contribution in [-0.2, 0) is 19.1 Å². The second-order valence-corrected chi connectivity index (χ2v) is 2.43. The van der Waals surface area contributed by atoms with Crippen molar-refractivity contribution in [1.29, 1.82) is 0 Å². The van der Waals surface area contributed by atoms with E-state index in [2.05, 4.69) is 9.47 Å². The first-order chi connectivity index (χ1) is 6.81. The van der Waals surface area contributed by atoms with Gasteiger partial charge in [0.25, 0.3) is 5.78 Å². The van der Waals surface area contributed by atoms with Gasteiger partial charge in [-0.05, 0) is 0 Å². The molecule has 0 N–H and O–H groups in total. The van der Waals surface area contributed by atoms with Crippen molar-refractivity contribution in [3.8, 4) is 0 Å². The van der Waals surface area contributed by atoms with Crippen LogP contribution >= 0.6 is 0 Å². The Labute approximate surface area is 83.7 Å². The van der Waals surface area contributed by atoms with Crippen molar-refractivity contribution >= 4 is 11.8 Å². The molecule has 0 unspecified atom stereocenters. The maximum Gasteiger partial charge on any atom is 0.454 e. The molecule has 4 nitrogen and oxygen atoms in total. The van der Waals surface area contributed by atoms with Crippen molar-refractivity contribution in [2.75, 3.05) is 14.2 Å². The summed E-state index contributed by atoms with van der Waals surface area (Å²) >= 11 is 0. The molecule has 0 aliphatic rings. The van der Waals surface area contributed by atoms with Crippen molar-refractivity contribution < 1.29 is 32.2 Å². The number of hydrogen-bond acceptors (Lipinski definition) is 4. The average molecular weight is 226 g/mol. The van der Waals surface area contributed by atoms with E-state index in [9.17, 15) is 22.8 Å². The number of alkyl halides is 3. The van der Waals surface area contributed by atoms with E-state index >= 15 is 0 Å². The molecule has 0 radical (unpaired) electrons. The Morgan fingerprint density at radius 3 is 2.07 bits per heavy atom. The van der Waals surface area contributed by atoms with Gasteiger partial charge in [-0.25, -0.2) is 0 Å². The fourth-order valence-corrected chi connectivity index (χ4v) is 0.625. The van der Waals surface area contributed by atoms with Gasteiger partial charge in [-0.3, -0.25) is 9.59 Å². The van der Waals surface area contributed by atoms with Crippen LogP contribution in [0.2, 0.25) is 0 Å². The zero-order valence-electron chi connectivity index (χ0n) is 8.05. The molecule has 0 aliphatic carbocycles. The van der Waals surface area contributed by atoms with E-state index in [1.807, 2.05) is 0 Å². The Bertz CT molecular complexity index is 280. The summed E-state index contributed by atoms with van der Waals surface area (Å²) in [4.78, 5) is 21.1. The lowest BCUT2D eigenvalue weighted by Gasteiger charge is -2.05. The predicted octanol–water partition coefficient (Wildman–Crippen LogP) is 1.21. The fraction of sp³-hybridized carbons (Fsp3) is 0.500. The molecule has 7 heteroatoms. The van der Waals surface area contributed by atoms with Crippen molar-refractivity contribution in [2.24, 2.45) is 0 Å². The summed E-state index contributed by atoms with van der Waals surface area (Å²) in [6, 6.07) is 0.